The number of aldehydes is 1. The molecule has 0 radical (unpaired) electrons. The monoisotopic (exact) mass is 286 g/mol. The van der Waals surface area contributed by atoms with E-state index in [-0.39, 0.29) is 11.8 Å². The van der Waals surface area contributed by atoms with Gasteiger partial charge < -0.3 is 9.69 Å². The van der Waals surface area contributed by atoms with E-state index in [9.17, 15) is 9.59 Å². The van der Waals surface area contributed by atoms with Crippen molar-refractivity contribution in [3.8, 4) is 0 Å². The molecule has 1 amide bonds. The van der Waals surface area contributed by atoms with Crippen LogP contribution in [-0.4, -0.2) is 48.2 Å². The number of hydrogen-bond donors (Lipinski definition) is 0. The van der Waals surface area contributed by atoms with E-state index in [4.69, 9.17) is 0 Å². The summed E-state index contributed by atoms with van der Waals surface area (Å²) in [7, 11) is 0. The lowest BCUT2D eigenvalue weighted by molar-refractivity contribution is -0.134. The number of carbonyl (C=O) groups is 2. The van der Waals surface area contributed by atoms with Gasteiger partial charge in [0.2, 0.25) is 5.91 Å². The minimum atomic E-state index is 0.105. The van der Waals surface area contributed by atoms with Gasteiger partial charge in [-0.15, -0.1) is 0 Å². The third-order valence-corrected chi connectivity index (χ3v) is 4.58. The van der Waals surface area contributed by atoms with Crippen LogP contribution in [0.2, 0.25) is 0 Å². The molecule has 1 saturated heterocycles. The highest BCUT2D eigenvalue weighted by Gasteiger charge is 2.25. The van der Waals surface area contributed by atoms with Crippen LogP contribution in [0.3, 0.4) is 0 Å². The van der Waals surface area contributed by atoms with Gasteiger partial charge in [0.1, 0.15) is 6.29 Å². The molecule has 2 heterocycles. The quantitative estimate of drug-likeness (QED) is 0.790. The van der Waals surface area contributed by atoms with E-state index in [1.807, 2.05) is 11.0 Å². The van der Waals surface area contributed by atoms with Gasteiger partial charge in [0.05, 0.1) is 6.54 Å². The number of piperidine rings is 1. The summed E-state index contributed by atoms with van der Waals surface area (Å²) in [5.41, 5.74) is 2.63. The molecule has 1 unspecified atom stereocenters. The predicted octanol–water partition coefficient (Wildman–Crippen LogP) is 1.48. The lowest BCUT2D eigenvalue weighted by Gasteiger charge is -2.33. The Kier molecular flexibility index (Phi) is 4.34. The number of nitrogens with zero attached hydrogens (tertiary/aromatic N) is 2. The van der Waals surface area contributed by atoms with Crippen LogP contribution in [0.1, 0.15) is 24.0 Å². The van der Waals surface area contributed by atoms with Crippen molar-refractivity contribution < 1.29 is 9.59 Å². The number of hydrogen-bond acceptors (Lipinski definition) is 3. The highest BCUT2D eigenvalue weighted by Crippen LogP contribution is 2.19. The summed E-state index contributed by atoms with van der Waals surface area (Å²) in [5.74, 6) is 0.296. The molecule has 0 saturated carbocycles. The molecule has 2 aliphatic rings. The molecule has 3 rings (SSSR count). The smallest absolute Gasteiger partial charge is 0.237 e. The van der Waals surface area contributed by atoms with Gasteiger partial charge in [-0.25, -0.2) is 0 Å². The number of rotatable bonds is 3. The van der Waals surface area contributed by atoms with Gasteiger partial charge in [0, 0.05) is 25.6 Å². The van der Waals surface area contributed by atoms with E-state index < -0.39 is 0 Å². The first-order chi connectivity index (χ1) is 10.3. The fourth-order valence-corrected chi connectivity index (χ4v) is 3.35. The van der Waals surface area contributed by atoms with Crippen LogP contribution in [0.25, 0.3) is 0 Å². The van der Waals surface area contributed by atoms with E-state index in [0.29, 0.717) is 6.54 Å². The molecule has 4 heteroatoms. The van der Waals surface area contributed by atoms with Crippen molar-refractivity contribution in [1.82, 2.24) is 9.80 Å². The summed E-state index contributed by atoms with van der Waals surface area (Å²) in [5, 5.41) is 0. The molecule has 0 aromatic heterocycles. The number of carbonyl (C=O) groups excluding carboxylic acids is 2. The van der Waals surface area contributed by atoms with Crippen molar-refractivity contribution in [2.24, 2.45) is 5.92 Å². The Morgan fingerprint density at radius 2 is 2.05 bits per heavy atom. The fraction of sp³-hybridized carbons (Fsp3) is 0.529. The minimum Gasteiger partial charge on any atom is -0.337 e. The Labute approximate surface area is 125 Å². The molecule has 1 fully saturated rings. The van der Waals surface area contributed by atoms with E-state index in [1.54, 1.807) is 0 Å². The van der Waals surface area contributed by atoms with Crippen molar-refractivity contribution >= 4 is 12.2 Å². The average molecular weight is 286 g/mol. The van der Waals surface area contributed by atoms with Crippen molar-refractivity contribution in [2.45, 2.75) is 25.8 Å². The van der Waals surface area contributed by atoms with Gasteiger partial charge in [0.25, 0.3) is 0 Å². The van der Waals surface area contributed by atoms with Crippen molar-refractivity contribution in [3.05, 3.63) is 35.4 Å². The number of benzene rings is 1. The van der Waals surface area contributed by atoms with E-state index >= 15 is 0 Å². The molecule has 4 nitrogen and oxygen atoms in total. The summed E-state index contributed by atoms with van der Waals surface area (Å²) < 4.78 is 0. The Balaban J connectivity index is 1.58. The summed E-state index contributed by atoms with van der Waals surface area (Å²) >= 11 is 0. The average Bonchev–Trinajstić information content (AvgIpc) is 2.54. The van der Waals surface area contributed by atoms with Crippen molar-refractivity contribution in [1.29, 1.82) is 0 Å². The highest BCUT2D eigenvalue weighted by molar-refractivity contribution is 5.78. The fourth-order valence-electron chi connectivity index (χ4n) is 3.35. The van der Waals surface area contributed by atoms with Crippen molar-refractivity contribution in [2.75, 3.05) is 26.2 Å². The summed E-state index contributed by atoms with van der Waals surface area (Å²) in [6.07, 6.45) is 3.96. The van der Waals surface area contributed by atoms with Gasteiger partial charge in [-0.1, -0.05) is 24.3 Å². The van der Waals surface area contributed by atoms with Crippen LogP contribution in [0, 0.1) is 5.92 Å². The molecule has 0 aliphatic carbocycles. The maximum Gasteiger partial charge on any atom is 0.237 e. The molecule has 112 valence electrons. The van der Waals surface area contributed by atoms with Crippen LogP contribution >= 0.6 is 0 Å². The normalized spacial score (nSPS) is 22.7. The topological polar surface area (TPSA) is 40.6 Å². The van der Waals surface area contributed by atoms with E-state index in [2.05, 4.69) is 23.1 Å². The van der Waals surface area contributed by atoms with Crippen LogP contribution in [0.15, 0.2) is 24.3 Å². The third kappa shape index (κ3) is 3.32. The van der Waals surface area contributed by atoms with Gasteiger partial charge in [-0.2, -0.15) is 0 Å². The maximum absolute atomic E-state index is 12.5. The second-order valence-electron chi connectivity index (χ2n) is 6.11. The van der Waals surface area contributed by atoms with E-state index in [1.165, 1.54) is 11.1 Å². The lowest BCUT2D eigenvalue weighted by atomic mass is 9.99. The largest absolute Gasteiger partial charge is 0.337 e. The Morgan fingerprint density at radius 3 is 2.86 bits per heavy atom. The molecule has 1 aromatic carbocycles. The Hall–Kier alpha value is -1.68. The molecule has 21 heavy (non-hydrogen) atoms. The Morgan fingerprint density at radius 1 is 1.24 bits per heavy atom. The van der Waals surface area contributed by atoms with Crippen LogP contribution in [0.4, 0.5) is 0 Å². The SMILES string of the molecule is O=CC1CCCN(CC(=O)N2CCc3ccccc3C2)C1. The van der Waals surface area contributed by atoms with Gasteiger partial charge in [-0.3, -0.25) is 9.69 Å². The zero-order chi connectivity index (χ0) is 14.7. The first-order valence-electron chi connectivity index (χ1n) is 7.78. The maximum atomic E-state index is 12.5. The predicted molar refractivity (Wildman–Crippen MR) is 80.8 cm³/mol. The first-order valence-corrected chi connectivity index (χ1v) is 7.78. The second-order valence-corrected chi connectivity index (χ2v) is 6.11. The molecule has 0 spiro atoms. The van der Waals surface area contributed by atoms with Gasteiger partial charge >= 0.3 is 0 Å². The summed E-state index contributed by atoms with van der Waals surface area (Å²) in [6, 6.07) is 8.35. The summed E-state index contributed by atoms with van der Waals surface area (Å²) in [6.45, 7) is 3.65. The van der Waals surface area contributed by atoms with Gasteiger partial charge in [-0.05, 0) is 36.9 Å². The molecular weight excluding hydrogens is 264 g/mol. The van der Waals surface area contributed by atoms with Crippen LogP contribution < -0.4 is 0 Å². The standard InChI is InChI=1S/C17H22N2O2/c20-13-14-4-3-8-18(10-14)12-17(21)19-9-7-15-5-1-2-6-16(15)11-19/h1-2,5-6,13-14H,3-4,7-12H2. The molecule has 1 aromatic rings. The second kappa shape index (κ2) is 6.39. The third-order valence-electron chi connectivity index (χ3n) is 4.58. The zero-order valence-electron chi connectivity index (χ0n) is 12.3. The van der Waals surface area contributed by atoms with Crippen LogP contribution in [0.5, 0.6) is 0 Å². The molecule has 2 aliphatic heterocycles. The lowest BCUT2D eigenvalue weighted by Crippen LogP contribution is -2.45. The number of amides is 1. The molecule has 0 N–H and O–H groups in total. The Bertz CT molecular complexity index is 529. The summed E-state index contributed by atoms with van der Waals surface area (Å²) in [4.78, 5) is 27.5. The molecular formula is C17H22N2O2. The number of likely N-dealkylation sites (tertiary alicyclic amines) is 1. The highest BCUT2D eigenvalue weighted by atomic mass is 16.2. The van der Waals surface area contributed by atoms with E-state index in [0.717, 1.165) is 51.7 Å². The molecule has 0 bridgehead atoms. The zero-order valence-corrected chi connectivity index (χ0v) is 12.3. The first kappa shape index (κ1) is 14.3. The minimum absolute atomic E-state index is 0.105. The number of fused-ring (bicyclic) bond motifs is 1. The molecule has 1 atom stereocenters. The van der Waals surface area contributed by atoms with Crippen LogP contribution in [-0.2, 0) is 22.6 Å². The van der Waals surface area contributed by atoms with Crippen molar-refractivity contribution in [3.63, 3.8) is 0 Å². The van der Waals surface area contributed by atoms with Gasteiger partial charge in [0.15, 0.2) is 0 Å².